The summed E-state index contributed by atoms with van der Waals surface area (Å²) in [6, 6.07) is 6.90. The summed E-state index contributed by atoms with van der Waals surface area (Å²) in [5.74, 6) is -0.637. The van der Waals surface area contributed by atoms with Crippen LogP contribution in [0.4, 0.5) is 10.1 Å². The van der Waals surface area contributed by atoms with Crippen molar-refractivity contribution in [3.05, 3.63) is 48.0 Å². The second-order valence-electron chi connectivity index (χ2n) is 6.75. The van der Waals surface area contributed by atoms with Gasteiger partial charge in [-0.05, 0) is 43.0 Å². The summed E-state index contributed by atoms with van der Waals surface area (Å²) < 4.78 is 41.9. The van der Waals surface area contributed by atoms with E-state index in [-0.39, 0.29) is 10.6 Å². The lowest BCUT2D eigenvalue weighted by atomic mass is 10.0. The van der Waals surface area contributed by atoms with Crippen molar-refractivity contribution < 1.29 is 17.6 Å². The van der Waals surface area contributed by atoms with Gasteiger partial charge in [0, 0.05) is 32.0 Å². The first-order chi connectivity index (χ1) is 12.3. The molecule has 0 saturated carbocycles. The number of amides is 1. The van der Waals surface area contributed by atoms with Crippen molar-refractivity contribution in [3.63, 3.8) is 0 Å². The summed E-state index contributed by atoms with van der Waals surface area (Å²) >= 11 is 0. The van der Waals surface area contributed by atoms with Crippen LogP contribution in [0.3, 0.4) is 0 Å². The van der Waals surface area contributed by atoms with Crippen molar-refractivity contribution in [1.29, 1.82) is 0 Å². The molecule has 1 fully saturated rings. The first kappa shape index (κ1) is 18.6. The molecule has 0 spiro atoms. The third-order valence-electron chi connectivity index (χ3n) is 4.55. The Kier molecular flexibility index (Phi) is 5.15. The normalized spacial score (nSPS) is 18.7. The van der Waals surface area contributed by atoms with Gasteiger partial charge in [0.25, 0.3) is 5.91 Å². The number of anilines is 1. The van der Waals surface area contributed by atoms with Crippen LogP contribution < -0.4 is 5.32 Å². The zero-order valence-electron chi connectivity index (χ0n) is 14.8. The number of carbonyl (C=O) groups excluding carboxylic acids is 1. The molecule has 0 radical (unpaired) electrons. The SMILES string of the molecule is CC1CCCN(S(=O)(=O)c2cc(C(=O)Nc3cccc(F)c3)n(C)c2)C1. The number of carbonyl (C=O) groups is 1. The molecule has 8 heteroatoms. The molecule has 1 aromatic heterocycles. The van der Waals surface area contributed by atoms with Crippen molar-refractivity contribution in [2.24, 2.45) is 13.0 Å². The number of piperidine rings is 1. The van der Waals surface area contributed by atoms with E-state index in [0.29, 0.717) is 24.7 Å². The van der Waals surface area contributed by atoms with E-state index in [4.69, 9.17) is 0 Å². The maximum atomic E-state index is 13.3. The van der Waals surface area contributed by atoms with Crippen LogP contribution in [0.5, 0.6) is 0 Å². The third-order valence-corrected chi connectivity index (χ3v) is 6.38. The molecule has 1 atom stereocenters. The Bertz CT molecular complexity index is 924. The summed E-state index contributed by atoms with van der Waals surface area (Å²) in [6.07, 6.45) is 3.29. The number of aryl methyl sites for hydroxylation is 1. The molecule has 1 N–H and O–H groups in total. The number of nitrogens with one attached hydrogen (secondary N) is 1. The van der Waals surface area contributed by atoms with Gasteiger partial charge in [0.05, 0.1) is 0 Å². The van der Waals surface area contributed by atoms with E-state index in [1.54, 1.807) is 13.1 Å². The average Bonchev–Trinajstić information content (AvgIpc) is 2.97. The minimum absolute atomic E-state index is 0.0958. The highest BCUT2D eigenvalue weighted by molar-refractivity contribution is 7.89. The summed E-state index contributed by atoms with van der Waals surface area (Å²) in [4.78, 5) is 12.5. The van der Waals surface area contributed by atoms with Crippen molar-refractivity contribution in [2.45, 2.75) is 24.7 Å². The number of rotatable bonds is 4. The van der Waals surface area contributed by atoms with Crippen LogP contribution >= 0.6 is 0 Å². The lowest BCUT2D eigenvalue weighted by molar-refractivity contribution is 0.101. The molecule has 1 aliphatic rings. The van der Waals surface area contributed by atoms with Crippen LogP contribution in [0, 0.1) is 11.7 Å². The minimum atomic E-state index is -3.64. The Hall–Kier alpha value is -2.19. The highest BCUT2D eigenvalue weighted by Crippen LogP contribution is 2.25. The van der Waals surface area contributed by atoms with Gasteiger partial charge in [-0.25, -0.2) is 12.8 Å². The molecule has 3 rings (SSSR count). The molecule has 0 aliphatic carbocycles. The molecule has 1 amide bonds. The Morgan fingerprint density at radius 1 is 1.31 bits per heavy atom. The Labute approximate surface area is 152 Å². The Morgan fingerprint density at radius 2 is 2.08 bits per heavy atom. The van der Waals surface area contributed by atoms with Gasteiger partial charge in [-0.1, -0.05) is 13.0 Å². The fourth-order valence-corrected chi connectivity index (χ4v) is 4.85. The Balaban J connectivity index is 1.83. The van der Waals surface area contributed by atoms with E-state index in [9.17, 15) is 17.6 Å². The molecule has 1 aliphatic heterocycles. The molecule has 0 bridgehead atoms. The van der Waals surface area contributed by atoms with Crippen molar-refractivity contribution in [2.75, 3.05) is 18.4 Å². The smallest absolute Gasteiger partial charge is 0.272 e. The molecule has 1 saturated heterocycles. The lowest BCUT2D eigenvalue weighted by Gasteiger charge is -2.29. The summed E-state index contributed by atoms with van der Waals surface area (Å²) in [7, 11) is -2.03. The topological polar surface area (TPSA) is 71.4 Å². The zero-order valence-corrected chi connectivity index (χ0v) is 15.6. The number of halogens is 1. The van der Waals surface area contributed by atoms with E-state index >= 15 is 0 Å². The Morgan fingerprint density at radius 3 is 2.77 bits per heavy atom. The van der Waals surface area contributed by atoms with E-state index in [1.807, 2.05) is 6.92 Å². The molecule has 1 aromatic carbocycles. The highest BCUT2D eigenvalue weighted by atomic mass is 32.2. The third kappa shape index (κ3) is 3.81. The molecule has 6 nitrogen and oxygen atoms in total. The maximum Gasteiger partial charge on any atom is 0.272 e. The van der Waals surface area contributed by atoms with Gasteiger partial charge in [0.15, 0.2) is 0 Å². The first-order valence-electron chi connectivity index (χ1n) is 8.51. The predicted molar refractivity (Wildman–Crippen MR) is 96.9 cm³/mol. The van der Waals surface area contributed by atoms with Crippen LogP contribution in [-0.4, -0.2) is 36.3 Å². The fraction of sp³-hybridized carbons (Fsp3) is 0.389. The van der Waals surface area contributed by atoms with Gasteiger partial charge in [-0.15, -0.1) is 0 Å². The zero-order chi connectivity index (χ0) is 18.9. The first-order valence-corrected chi connectivity index (χ1v) is 9.95. The van der Waals surface area contributed by atoms with Gasteiger partial charge in [-0.3, -0.25) is 4.79 Å². The summed E-state index contributed by atoms with van der Waals surface area (Å²) in [5, 5.41) is 2.58. The van der Waals surface area contributed by atoms with Crippen LogP contribution in [-0.2, 0) is 17.1 Å². The highest BCUT2D eigenvalue weighted by Gasteiger charge is 2.30. The number of nitrogens with zero attached hydrogens (tertiary/aromatic N) is 2. The molecule has 2 aromatic rings. The van der Waals surface area contributed by atoms with Crippen LogP contribution in [0.25, 0.3) is 0 Å². The molecule has 2 heterocycles. The monoisotopic (exact) mass is 379 g/mol. The predicted octanol–water partition coefficient (Wildman–Crippen LogP) is 2.84. The van der Waals surface area contributed by atoms with E-state index in [2.05, 4.69) is 5.32 Å². The van der Waals surface area contributed by atoms with Crippen molar-refractivity contribution in [1.82, 2.24) is 8.87 Å². The minimum Gasteiger partial charge on any atom is -0.345 e. The fourth-order valence-electron chi connectivity index (χ4n) is 3.18. The second kappa shape index (κ2) is 7.20. The number of sulfonamides is 1. The van der Waals surface area contributed by atoms with Gasteiger partial charge < -0.3 is 9.88 Å². The van der Waals surface area contributed by atoms with Crippen LogP contribution in [0.1, 0.15) is 30.3 Å². The number of benzene rings is 1. The van der Waals surface area contributed by atoms with E-state index in [1.165, 1.54) is 39.3 Å². The van der Waals surface area contributed by atoms with Crippen LogP contribution in [0.2, 0.25) is 0 Å². The lowest BCUT2D eigenvalue weighted by Crippen LogP contribution is -2.38. The van der Waals surface area contributed by atoms with Gasteiger partial charge >= 0.3 is 0 Å². The molecule has 1 unspecified atom stereocenters. The molecule has 26 heavy (non-hydrogen) atoms. The van der Waals surface area contributed by atoms with Gasteiger partial charge in [0.2, 0.25) is 10.0 Å². The van der Waals surface area contributed by atoms with Gasteiger partial charge in [-0.2, -0.15) is 4.31 Å². The molecule has 140 valence electrons. The maximum absolute atomic E-state index is 13.3. The van der Waals surface area contributed by atoms with E-state index in [0.717, 1.165) is 12.8 Å². The average molecular weight is 379 g/mol. The van der Waals surface area contributed by atoms with Gasteiger partial charge in [0.1, 0.15) is 16.4 Å². The second-order valence-corrected chi connectivity index (χ2v) is 8.68. The number of hydrogen-bond donors (Lipinski definition) is 1. The van der Waals surface area contributed by atoms with Crippen LogP contribution in [0.15, 0.2) is 41.4 Å². The summed E-state index contributed by atoms with van der Waals surface area (Å²) in [5.41, 5.74) is 0.503. The molecular weight excluding hydrogens is 357 g/mol. The largest absolute Gasteiger partial charge is 0.345 e. The standard InChI is InChI=1S/C18H22FN3O3S/c1-13-5-4-8-22(11-13)26(24,25)16-10-17(21(2)12-16)18(23)20-15-7-3-6-14(19)9-15/h3,6-7,9-10,12-13H,4-5,8,11H2,1-2H3,(H,20,23). The number of aromatic nitrogens is 1. The molecular formula is C18H22FN3O3S. The quantitative estimate of drug-likeness (QED) is 0.888. The van der Waals surface area contributed by atoms with E-state index < -0.39 is 21.7 Å². The number of hydrogen-bond acceptors (Lipinski definition) is 3. The van der Waals surface area contributed by atoms with Crippen molar-refractivity contribution in [3.8, 4) is 0 Å². The summed E-state index contributed by atoms with van der Waals surface area (Å²) in [6.45, 7) is 3.01. The van der Waals surface area contributed by atoms with Crippen molar-refractivity contribution >= 4 is 21.6 Å².